The molecule has 0 saturated heterocycles. The summed E-state index contributed by atoms with van der Waals surface area (Å²) in [4.78, 5) is 18.5. The molecule has 0 aliphatic rings. The quantitative estimate of drug-likeness (QED) is 0.728. The summed E-state index contributed by atoms with van der Waals surface area (Å²) >= 11 is 0. The van der Waals surface area contributed by atoms with Crippen LogP contribution < -0.4 is 5.32 Å². The van der Waals surface area contributed by atoms with Crippen molar-refractivity contribution in [3.05, 3.63) is 18.1 Å². The Bertz CT molecular complexity index is 343. The maximum Gasteiger partial charge on any atom is 0.334 e. The predicted octanol–water partition coefficient (Wildman–Crippen LogP) is 0.297. The van der Waals surface area contributed by atoms with Crippen molar-refractivity contribution in [3.63, 3.8) is 0 Å². The van der Waals surface area contributed by atoms with Gasteiger partial charge >= 0.3 is 5.97 Å². The molecule has 1 aromatic heterocycles. The molecule has 1 heterocycles. The molecular formula is C9H13N3O3. The number of rotatable bonds is 5. The van der Waals surface area contributed by atoms with Gasteiger partial charge in [0.05, 0.1) is 6.54 Å². The van der Waals surface area contributed by atoms with Gasteiger partial charge in [-0.05, 0) is 6.92 Å². The van der Waals surface area contributed by atoms with Gasteiger partial charge in [0.25, 0.3) is 0 Å². The summed E-state index contributed by atoms with van der Waals surface area (Å²) in [6.07, 6.45) is 0.542. The fourth-order valence-electron chi connectivity index (χ4n) is 1.02. The molecule has 1 aromatic rings. The topological polar surface area (TPSA) is 84.3 Å². The lowest BCUT2D eigenvalue weighted by molar-refractivity contribution is -0.147. The van der Waals surface area contributed by atoms with Gasteiger partial charge in [-0.25, -0.2) is 14.8 Å². The van der Waals surface area contributed by atoms with Crippen molar-refractivity contribution in [3.8, 4) is 0 Å². The number of carboxylic acid groups (broad SMARTS) is 1. The minimum atomic E-state index is -1.00. The lowest BCUT2D eigenvalue weighted by Crippen LogP contribution is -2.30. The second-order valence-corrected chi connectivity index (χ2v) is 2.99. The number of hydrogen-bond acceptors (Lipinski definition) is 5. The molecule has 0 fully saturated rings. The standard InChI is InChI=1S/C9H13N3O3/c1-6-3-8(12-5-11-6)10-4-7(15-2)9(13)14/h3,5,7H,4H2,1-2H3,(H,13,14)(H,10,11,12). The highest BCUT2D eigenvalue weighted by Gasteiger charge is 2.15. The molecule has 0 saturated carbocycles. The largest absolute Gasteiger partial charge is 0.479 e. The number of aryl methyl sites for hydroxylation is 1. The van der Waals surface area contributed by atoms with Crippen molar-refractivity contribution < 1.29 is 14.6 Å². The number of hydrogen-bond donors (Lipinski definition) is 2. The lowest BCUT2D eigenvalue weighted by atomic mass is 10.3. The Morgan fingerprint density at radius 3 is 2.93 bits per heavy atom. The highest BCUT2D eigenvalue weighted by atomic mass is 16.5. The first kappa shape index (κ1) is 11.4. The van der Waals surface area contributed by atoms with Crippen LogP contribution in [0.2, 0.25) is 0 Å². The van der Waals surface area contributed by atoms with Gasteiger partial charge in [0.1, 0.15) is 12.1 Å². The van der Waals surface area contributed by atoms with E-state index in [2.05, 4.69) is 15.3 Å². The fourth-order valence-corrected chi connectivity index (χ4v) is 1.02. The summed E-state index contributed by atoms with van der Waals surface area (Å²) in [5, 5.41) is 11.6. The lowest BCUT2D eigenvalue weighted by Gasteiger charge is -2.11. The van der Waals surface area contributed by atoms with Crippen molar-refractivity contribution in [2.24, 2.45) is 0 Å². The van der Waals surface area contributed by atoms with E-state index in [0.717, 1.165) is 5.69 Å². The molecule has 0 amide bonds. The molecule has 0 radical (unpaired) electrons. The maximum atomic E-state index is 10.6. The monoisotopic (exact) mass is 211 g/mol. The summed E-state index contributed by atoms with van der Waals surface area (Å²) in [6.45, 7) is 2.00. The van der Waals surface area contributed by atoms with Crippen molar-refractivity contribution >= 4 is 11.8 Å². The van der Waals surface area contributed by atoms with Crippen LogP contribution in [0, 0.1) is 6.92 Å². The zero-order valence-corrected chi connectivity index (χ0v) is 8.60. The third-order valence-corrected chi connectivity index (χ3v) is 1.83. The van der Waals surface area contributed by atoms with E-state index >= 15 is 0 Å². The summed E-state index contributed by atoms with van der Waals surface area (Å²) in [5.74, 6) is -0.415. The number of anilines is 1. The first-order valence-corrected chi connectivity index (χ1v) is 4.41. The predicted molar refractivity (Wildman–Crippen MR) is 53.7 cm³/mol. The molecule has 0 aliphatic carbocycles. The Balaban J connectivity index is 2.52. The van der Waals surface area contributed by atoms with Crippen molar-refractivity contribution in [1.29, 1.82) is 0 Å². The van der Waals surface area contributed by atoms with Gasteiger partial charge in [-0.15, -0.1) is 0 Å². The Labute approximate surface area is 87.3 Å². The molecule has 82 valence electrons. The van der Waals surface area contributed by atoms with Gasteiger partial charge < -0.3 is 15.2 Å². The van der Waals surface area contributed by atoms with E-state index in [9.17, 15) is 4.79 Å². The van der Waals surface area contributed by atoms with E-state index in [1.165, 1.54) is 13.4 Å². The zero-order chi connectivity index (χ0) is 11.3. The average Bonchev–Trinajstić information content (AvgIpc) is 2.18. The molecule has 0 bridgehead atoms. The number of carboxylic acids is 1. The molecule has 2 N–H and O–H groups in total. The minimum Gasteiger partial charge on any atom is -0.479 e. The Kier molecular flexibility index (Phi) is 3.99. The average molecular weight is 211 g/mol. The van der Waals surface area contributed by atoms with Crippen molar-refractivity contribution in [1.82, 2.24) is 9.97 Å². The first-order valence-electron chi connectivity index (χ1n) is 4.41. The molecule has 6 heteroatoms. The van der Waals surface area contributed by atoms with Crippen LogP contribution in [0.5, 0.6) is 0 Å². The maximum absolute atomic E-state index is 10.6. The Morgan fingerprint density at radius 2 is 2.40 bits per heavy atom. The van der Waals surface area contributed by atoms with Crippen molar-refractivity contribution in [2.45, 2.75) is 13.0 Å². The van der Waals surface area contributed by atoms with Gasteiger partial charge in [0.15, 0.2) is 6.10 Å². The summed E-state index contributed by atoms with van der Waals surface area (Å²) in [7, 11) is 1.35. The third kappa shape index (κ3) is 3.51. The smallest absolute Gasteiger partial charge is 0.334 e. The molecule has 6 nitrogen and oxygen atoms in total. The molecular weight excluding hydrogens is 198 g/mol. The molecule has 0 aromatic carbocycles. The van der Waals surface area contributed by atoms with Gasteiger partial charge in [0, 0.05) is 18.9 Å². The third-order valence-electron chi connectivity index (χ3n) is 1.83. The number of aromatic nitrogens is 2. The van der Waals surface area contributed by atoms with Gasteiger partial charge in [-0.3, -0.25) is 0 Å². The van der Waals surface area contributed by atoms with Gasteiger partial charge in [0.2, 0.25) is 0 Å². The van der Waals surface area contributed by atoms with E-state index in [0.29, 0.717) is 5.82 Å². The second kappa shape index (κ2) is 5.26. The normalized spacial score (nSPS) is 12.1. The number of ether oxygens (including phenoxy) is 1. The number of aliphatic carboxylic acids is 1. The zero-order valence-electron chi connectivity index (χ0n) is 8.60. The van der Waals surface area contributed by atoms with Crippen LogP contribution in [0.25, 0.3) is 0 Å². The molecule has 1 rings (SSSR count). The highest BCUT2D eigenvalue weighted by molar-refractivity contribution is 5.73. The Morgan fingerprint density at radius 1 is 1.67 bits per heavy atom. The van der Waals surface area contributed by atoms with Crippen LogP contribution >= 0.6 is 0 Å². The van der Waals surface area contributed by atoms with Crippen LogP contribution in [0.15, 0.2) is 12.4 Å². The van der Waals surface area contributed by atoms with Gasteiger partial charge in [-0.1, -0.05) is 0 Å². The molecule has 0 spiro atoms. The van der Waals surface area contributed by atoms with Crippen LogP contribution in [0.1, 0.15) is 5.69 Å². The van der Waals surface area contributed by atoms with Gasteiger partial charge in [-0.2, -0.15) is 0 Å². The highest BCUT2D eigenvalue weighted by Crippen LogP contribution is 2.03. The number of methoxy groups -OCH3 is 1. The minimum absolute atomic E-state index is 0.169. The van der Waals surface area contributed by atoms with E-state index in [-0.39, 0.29) is 6.54 Å². The molecule has 1 atom stereocenters. The number of carbonyl (C=O) groups is 1. The van der Waals surface area contributed by atoms with Crippen LogP contribution in [0.4, 0.5) is 5.82 Å². The second-order valence-electron chi connectivity index (χ2n) is 2.99. The van der Waals surface area contributed by atoms with E-state index in [1.54, 1.807) is 6.07 Å². The van der Waals surface area contributed by atoms with Crippen LogP contribution in [-0.2, 0) is 9.53 Å². The van der Waals surface area contributed by atoms with Crippen molar-refractivity contribution in [2.75, 3.05) is 19.0 Å². The van der Waals surface area contributed by atoms with E-state index in [4.69, 9.17) is 9.84 Å². The molecule has 1 unspecified atom stereocenters. The molecule has 15 heavy (non-hydrogen) atoms. The Hall–Kier alpha value is -1.69. The van der Waals surface area contributed by atoms with E-state index < -0.39 is 12.1 Å². The number of nitrogens with one attached hydrogen (secondary N) is 1. The molecule has 0 aliphatic heterocycles. The van der Waals surface area contributed by atoms with Crippen LogP contribution in [-0.4, -0.2) is 40.8 Å². The summed E-state index contributed by atoms with van der Waals surface area (Å²) < 4.78 is 4.76. The number of nitrogens with zero attached hydrogens (tertiary/aromatic N) is 2. The summed E-state index contributed by atoms with van der Waals surface area (Å²) in [6, 6.07) is 1.73. The fraction of sp³-hybridized carbons (Fsp3) is 0.444. The summed E-state index contributed by atoms with van der Waals surface area (Å²) in [5.41, 5.74) is 0.816. The first-order chi connectivity index (χ1) is 7.13. The van der Waals surface area contributed by atoms with E-state index in [1.807, 2.05) is 6.92 Å². The van der Waals surface area contributed by atoms with Crippen LogP contribution in [0.3, 0.4) is 0 Å². The SMILES string of the molecule is COC(CNc1cc(C)ncn1)C(=O)O.